The molecule has 118 valence electrons. The number of piperidine rings is 1. The number of nitrogens with zero attached hydrogens (tertiary/aromatic N) is 3. The van der Waals surface area contributed by atoms with E-state index in [0.717, 1.165) is 49.1 Å². The summed E-state index contributed by atoms with van der Waals surface area (Å²) in [4.78, 5) is 29.1. The molecule has 1 aliphatic heterocycles. The standard InChI is InChI=1S/C15H21N4O2P/c16-12-1-2-13-14(9-12)17-10-18-15(13)19-6-3-11(4-7-19)5-8-22(20)21/h1-2,9-11,20-21H,3-8,16H2. The van der Waals surface area contributed by atoms with E-state index in [1.807, 2.05) is 18.2 Å². The van der Waals surface area contributed by atoms with Crippen molar-refractivity contribution in [3.63, 3.8) is 0 Å². The van der Waals surface area contributed by atoms with Crippen molar-refractivity contribution in [1.29, 1.82) is 0 Å². The lowest BCUT2D eigenvalue weighted by Gasteiger charge is -2.33. The van der Waals surface area contributed by atoms with E-state index in [9.17, 15) is 0 Å². The van der Waals surface area contributed by atoms with Crippen LogP contribution in [0.1, 0.15) is 19.3 Å². The molecule has 1 saturated heterocycles. The predicted molar refractivity (Wildman–Crippen MR) is 89.7 cm³/mol. The van der Waals surface area contributed by atoms with E-state index in [4.69, 9.17) is 15.5 Å². The van der Waals surface area contributed by atoms with Crippen molar-refractivity contribution in [1.82, 2.24) is 9.97 Å². The molecule has 3 rings (SSSR count). The van der Waals surface area contributed by atoms with Gasteiger partial charge in [0.2, 0.25) is 0 Å². The summed E-state index contributed by atoms with van der Waals surface area (Å²) in [7, 11) is -1.75. The summed E-state index contributed by atoms with van der Waals surface area (Å²) < 4.78 is 0. The lowest BCUT2D eigenvalue weighted by atomic mass is 9.94. The summed E-state index contributed by atoms with van der Waals surface area (Å²) in [5, 5.41) is 1.03. The van der Waals surface area contributed by atoms with Crippen molar-refractivity contribution < 1.29 is 9.79 Å². The number of benzene rings is 1. The Morgan fingerprint density at radius 3 is 2.73 bits per heavy atom. The van der Waals surface area contributed by atoms with Gasteiger partial charge in [0, 0.05) is 30.3 Å². The van der Waals surface area contributed by atoms with Crippen LogP contribution in [0.3, 0.4) is 0 Å². The molecule has 0 saturated carbocycles. The second kappa shape index (κ2) is 6.73. The Bertz CT molecular complexity index is 644. The number of nitrogen functional groups attached to an aromatic ring is 1. The number of rotatable bonds is 4. The molecule has 2 heterocycles. The van der Waals surface area contributed by atoms with Crippen LogP contribution in [0, 0.1) is 5.92 Å². The lowest BCUT2D eigenvalue weighted by molar-refractivity contribution is 0.386. The van der Waals surface area contributed by atoms with Gasteiger partial charge in [-0.05, 0) is 43.4 Å². The van der Waals surface area contributed by atoms with Crippen LogP contribution >= 0.6 is 8.38 Å². The molecule has 1 aromatic heterocycles. The van der Waals surface area contributed by atoms with Crippen LogP contribution in [0.5, 0.6) is 0 Å². The average Bonchev–Trinajstić information content (AvgIpc) is 2.52. The highest BCUT2D eigenvalue weighted by Gasteiger charge is 2.22. The Hall–Kier alpha value is -1.49. The van der Waals surface area contributed by atoms with E-state index in [-0.39, 0.29) is 0 Å². The number of hydrogen-bond donors (Lipinski definition) is 3. The van der Waals surface area contributed by atoms with Crippen molar-refractivity contribution >= 4 is 30.8 Å². The number of nitrogens with two attached hydrogens (primary N) is 1. The summed E-state index contributed by atoms with van der Waals surface area (Å²) in [6.07, 6.45) is 5.13. The SMILES string of the molecule is Nc1ccc2c(N3CCC(CCP(O)O)CC3)ncnc2c1. The zero-order valence-corrected chi connectivity index (χ0v) is 13.3. The smallest absolute Gasteiger partial charge is 0.164 e. The van der Waals surface area contributed by atoms with Gasteiger partial charge in [-0.25, -0.2) is 9.97 Å². The first kappa shape index (κ1) is 15.4. The summed E-state index contributed by atoms with van der Waals surface area (Å²) in [5.41, 5.74) is 7.40. The fraction of sp³-hybridized carbons (Fsp3) is 0.467. The molecule has 0 amide bonds. The van der Waals surface area contributed by atoms with Crippen LogP contribution in [-0.4, -0.2) is 39.0 Å². The molecule has 0 aliphatic carbocycles. The number of fused-ring (bicyclic) bond motifs is 1. The minimum atomic E-state index is -1.75. The zero-order chi connectivity index (χ0) is 15.5. The van der Waals surface area contributed by atoms with Crippen LogP contribution in [0.15, 0.2) is 24.5 Å². The van der Waals surface area contributed by atoms with Crippen molar-refractivity contribution in [2.45, 2.75) is 19.3 Å². The minimum absolute atomic E-state index is 0.524. The predicted octanol–water partition coefficient (Wildman–Crippen LogP) is 2.12. The van der Waals surface area contributed by atoms with Gasteiger partial charge in [0.25, 0.3) is 0 Å². The van der Waals surface area contributed by atoms with Crippen molar-refractivity contribution in [3.05, 3.63) is 24.5 Å². The molecule has 2 aromatic rings. The van der Waals surface area contributed by atoms with Crippen LogP contribution < -0.4 is 10.6 Å². The molecule has 6 nitrogen and oxygen atoms in total. The number of aromatic nitrogens is 2. The van der Waals surface area contributed by atoms with Gasteiger partial charge in [0.05, 0.1) is 5.52 Å². The third kappa shape index (κ3) is 3.46. The molecular weight excluding hydrogens is 299 g/mol. The summed E-state index contributed by atoms with van der Waals surface area (Å²) in [5.74, 6) is 1.54. The van der Waals surface area contributed by atoms with Gasteiger partial charge in [0.1, 0.15) is 12.1 Å². The van der Waals surface area contributed by atoms with Gasteiger partial charge in [-0.1, -0.05) is 0 Å². The molecule has 1 aliphatic rings. The normalized spacial score (nSPS) is 16.6. The zero-order valence-electron chi connectivity index (χ0n) is 12.4. The van der Waals surface area contributed by atoms with Crippen LogP contribution in [0.4, 0.5) is 11.5 Å². The first-order chi connectivity index (χ1) is 10.6. The van der Waals surface area contributed by atoms with Crippen LogP contribution in [-0.2, 0) is 0 Å². The van der Waals surface area contributed by atoms with Gasteiger partial charge < -0.3 is 20.4 Å². The molecule has 1 fully saturated rings. The van der Waals surface area contributed by atoms with Gasteiger partial charge in [-0.2, -0.15) is 0 Å². The highest BCUT2D eigenvalue weighted by Crippen LogP contribution is 2.32. The van der Waals surface area contributed by atoms with Crippen LogP contribution in [0.25, 0.3) is 10.9 Å². The second-order valence-corrected chi connectivity index (χ2v) is 6.98. The first-order valence-electron chi connectivity index (χ1n) is 7.54. The van der Waals surface area contributed by atoms with E-state index in [2.05, 4.69) is 14.9 Å². The Balaban J connectivity index is 1.71. The largest absolute Gasteiger partial charge is 0.399 e. The fourth-order valence-corrected chi connectivity index (χ4v) is 3.64. The molecule has 4 N–H and O–H groups in total. The average molecular weight is 320 g/mol. The van der Waals surface area contributed by atoms with Gasteiger partial charge in [0.15, 0.2) is 8.38 Å². The first-order valence-corrected chi connectivity index (χ1v) is 8.97. The molecule has 0 atom stereocenters. The number of anilines is 2. The quantitative estimate of drug-likeness (QED) is 0.590. The Kier molecular flexibility index (Phi) is 4.71. The Morgan fingerprint density at radius 2 is 2.00 bits per heavy atom. The minimum Gasteiger partial charge on any atom is -0.399 e. The molecule has 7 heteroatoms. The maximum absolute atomic E-state index is 9.04. The maximum atomic E-state index is 9.04. The lowest BCUT2D eigenvalue weighted by Crippen LogP contribution is -2.34. The molecule has 0 spiro atoms. The maximum Gasteiger partial charge on any atom is 0.164 e. The Labute approximate surface area is 130 Å². The van der Waals surface area contributed by atoms with E-state index in [1.54, 1.807) is 6.33 Å². The van der Waals surface area contributed by atoms with Crippen molar-refractivity contribution in [2.75, 3.05) is 29.9 Å². The van der Waals surface area contributed by atoms with E-state index in [1.165, 1.54) is 0 Å². The molecule has 1 aromatic carbocycles. The molecule has 0 radical (unpaired) electrons. The molecular formula is C15H21N4O2P. The Morgan fingerprint density at radius 1 is 1.23 bits per heavy atom. The third-order valence-corrected chi connectivity index (χ3v) is 4.95. The number of hydrogen-bond acceptors (Lipinski definition) is 6. The van der Waals surface area contributed by atoms with E-state index < -0.39 is 8.38 Å². The van der Waals surface area contributed by atoms with Gasteiger partial charge in [-0.3, -0.25) is 0 Å². The van der Waals surface area contributed by atoms with Crippen molar-refractivity contribution in [2.24, 2.45) is 5.92 Å². The van der Waals surface area contributed by atoms with E-state index >= 15 is 0 Å². The monoisotopic (exact) mass is 320 g/mol. The molecule has 0 bridgehead atoms. The van der Waals surface area contributed by atoms with Crippen LogP contribution in [0.2, 0.25) is 0 Å². The highest BCUT2D eigenvalue weighted by molar-refractivity contribution is 7.45. The topological polar surface area (TPSA) is 95.5 Å². The summed E-state index contributed by atoms with van der Waals surface area (Å²) in [6, 6.07) is 5.74. The van der Waals surface area contributed by atoms with Gasteiger partial charge in [-0.15, -0.1) is 0 Å². The molecule has 22 heavy (non-hydrogen) atoms. The highest BCUT2D eigenvalue weighted by atomic mass is 31.2. The van der Waals surface area contributed by atoms with E-state index in [0.29, 0.717) is 17.8 Å². The summed E-state index contributed by atoms with van der Waals surface area (Å²) in [6.45, 7) is 1.88. The summed E-state index contributed by atoms with van der Waals surface area (Å²) >= 11 is 0. The second-order valence-electron chi connectivity index (χ2n) is 5.79. The molecule has 0 unspecified atom stereocenters. The van der Waals surface area contributed by atoms with Crippen molar-refractivity contribution in [3.8, 4) is 0 Å². The third-order valence-electron chi connectivity index (χ3n) is 4.29. The fourth-order valence-electron chi connectivity index (χ4n) is 3.04. The van der Waals surface area contributed by atoms with Gasteiger partial charge >= 0.3 is 0 Å².